The molecule has 180 valence electrons. The number of pyridine rings is 1. The van der Waals surface area contributed by atoms with Crippen LogP contribution in [0.15, 0.2) is 66.9 Å². The van der Waals surface area contributed by atoms with Crippen molar-refractivity contribution in [1.29, 1.82) is 0 Å². The molecule has 2 aromatic carbocycles. The van der Waals surface area contributed by atoms with E-state index in [2.05, 4.69) is 4.98 Å². The lowest BCUT2D eigenvalue weighted by Gasteiger charge is -2.21. The maximum Gasteiger partial charge on any atom is 0.418 e. The molecule has 0 saturated carbocycles. The largest absolute Gasteiger partial charge is 0.494 e. The van der Waals surface area contributed by atoms with Crippen molar-refractivity contribution in [3.63, 3.8) is 0 Å². The monoisotopic (exact) mass is 481 g/mol. The van der Waals surface area contributed by atoms with Gasteiger partial charge < -0.3 is 4.74 Å². The molecule has 34 heavy (non-hydrogen) atoms. The Hall–Kier alpha value is -3.36. The van der Waals surface area contributed by atoms with Gasteiger partial charge in [0.15, 0.2) is 0 Å². The van der Waals surface area contributed by atoms with E-state index in [1.807, 2.05) is 0 Å². The number of aromatic nitrogens is 1. The third kappa shape index (κ3) is 6.36. The smallest absolute Gasteiger partial charge is 0.418 e. The number of nitrogens with zero attached hydrogens (tertiary/aromatic N) is 1. The minimum atomic E-state index is -4.75. The number of rotatable bonds is 8. The molecule has 0 amide bonds. The molecule has 0 fully saturated rings. The molecule has 0 bridgehead atoms. The zero-order valence-corrected chi connectivity index (χ0v) is 18.1. The van der Waals surface area contributed by atoms with E-state index in [0.717, 1.165) is 42.6 Å². The number of ether oxygens (including phenoxy) is 1. The molecule has 0 unspecified atom stereocenters. The van der Waals surface area contributed by atoms with Crippen LogP contribution in [0.5, 0.6) is 5.75 Å². The van der Waals surface area contributed by atoms with Crippen molar-refractivity contribution in [2.45, 2.75) is 38.0 Å². The van der Waals surface area contributed by atoms with Crippen LogP contribution in [0, 0.1) is 0 Å². The highest BCUT2D eigenvalue weighted by Gasteiger charge is 2.37. The average molecular weight is 481 g/mol. The maximum absolute atomic E-state index is 13.7. The number of halogens is 6. The van der Waals surface area contributed by atoms with Crippen molar-refractivity contribution in [1.82, 2.24) is 4.98 Å². The summed E-state index contributed by atoms with van der Waals surface area (Å²) >= 11 is 0. The van der Waals surface area contributed by atoms with Gasteiger partial charge in [-0.1, -0.05) is 24.3 Å². The highest BCUT2D eigenvalue weighted by molar-refractivity contribution is 5.82. The van der Waals surface area contributed by atoms with Crippen molar-refractivity contribution in [2.24, 2.45) is 0 Å². The van der Waals surface area contributed by atoms with Gasteiger partial charge >= 0.3 is 12.4 Å². The van der Waals surface area contributed by atoms with E-state index in [1.165, 1.54) is 0 Å². The molecule has 9 heteroatoms. The van der Waals surface area contributed by atoms with Crippen LogP contribution in [0.2, 0.25) is 0 Å². The first kappa shape index (κ1) is 25.3. The van der Waals surface area contributed by atoms with Gasteiger partial charge in [-0.15, -0.1) is 0 Å². The molecule has 3 nitrogen and oxygen atoms in total. The van der Waals surface area contributed by atoms with Crippen LogP contribution in [0.25, 0.3) is 0 Å². The summed E-state index contributed by atoms with van der Waals surface area (Å²) in [5, 5.41) is 0. The summed E-state index contributed by atoms with van der Waals surface area (Å²) in [4.78, 5) is 16.8. The standard InChI is InChI=1S/C25H21F6NO2/c1-2-34-20-6-3-5-16(14-20)13-19(33)15-21(17-8-10-18(11-9-17)24(26,27)28)23-22(25(29,30)31)7-4-12-32-23/h3-12,14,21H,2,13,15H2,1H3/t21-/m0/s1. The van der Waals surface area contributed by atoms with Crippen LogP contribution in [-0.2, 0) is 23.6 Å². The van der Waals surface area contributed by atoms with Gasteiger partial charge in [-0.25, -0.2) is 0 Å². The summed E-state index contributed by atoms with van der Waals surface area (Å²) in [7, 11) is 0. The molecule has 0 aliphatic carbocycles. The Morgan fingerprint density at radius 1 is 0.941 bits per heavy atom. The summed E-state index contributed by atoms with van der Waals surface area (Å²) in [5.41, 5.74) is -1.64. The Balaban J connectivity index is 1.96. The average Bonchev–Trinajstić information content (AvgIpc) is 2.77. The topological polar surface area (TPSA) is 39.2 Å². The molecule has 3 rings (SSSR count). The zero-order chi connectivity index (χ0) is 24.9. The zero-order valence-electron chi connectivity index (χ0n) is 18.1. The third-order valence-corrected chi connectivity index (χ3v) is 5.16. The summed E-state index contributed by atoms with van der Waals surface area (Å²) in [6, 6.07) is 12.5. The Bertz CT molecular complexity index is 1120. The highest BCUT2D eigenvalue weighted by Crippen LogP contribution is 2.39. The Labute approximate surface area is 192 Å². The van der Waals surface area contributed by atoms with Gasteiger partial charge in [0.25, 0.3) is 0 Å². The second-order valence-electron chi connectivity index (χ2n) is 7.61. The molecule has 0 aliphatic rings. The van der Waals surface area contributed by atoms with Crippen LogP contribution in [0.4, 0.5) is 26.3 Å². The molecule has 0 radical (unpaired) electrons. The van der Waals surface area contributed by atoms with Crippen molar-refractivity contribution in [2.75, 3.05) is 6.61 Å². The van der Waals surface area contributed by atoms with Gasteiger partial charge in [-0.3, -0.25) is 9.78 Å². The lowest BCUT2D eigenvalue weighted by molar-refractivity contribution is -0.139. The van der Waals surface area contributed by atoms with Crippen LogP contribution in [-0.4, -0.2) is 17.4 Å². The maximum atomic E-state index is 13.7. The number of hydrogen-bond acceptors (Lipinski definition) is 3. The fourth-order valence-electron chi connectivity index (χ4n) is 3.65. The van der Waals surface area contributed by atoms with Gasteiger partial charge in [-0.2, -0.15) is 26.3 Å². The predicted molar refractivity (Wildman–Crippen MR) is 113 cm³/mol. The van der Waals surface area contributed by atoms with Crippen molar-refractivity contribution in [3.05, 3.63) is 94.8 Å². The summed E-state index contributed by atoms with van der Waals surface area (Å²) < 4.78 is 85.3. The van der Waals surface area contributed by atoms with Crippen molar-refractivity contribution < 1.29 is 35.9 Å². The molecule has 3 aromatic rings. The van der Waals surface area contributed by atoms with Crippen LogP contribution >= 0.6 is 0 Å². The summed E-state index contributed by atoms with van der Waals surface area (Å²) in [5.74, 6) is -1.02. The normalized spacial score (nSPS) is 12.9. The first-order valence-electron chi connectivity index (χ1n) is 10.4. The molecular formula is C25H21F6NO2. The van der Waals surface area contributed by atoms with Gasteiger partial charge in [0, 0.05) is 25.0 Å². The van der Waals surface area contributed by atoms with Crippen LogP contribution in [0.3, 0.4) is 0 Å². The molecule has 0 N–H and O–H groups in total. The number of hydrogen-bond donors (Lipinski definition) is 0. The van der Waals surface area contributed by atoms with E-state index in [1.54, 1.807) is 31.2 Å². The van der Waals surface area contributed by atoms with Gasteiger partial charge in [-0.05, 0) is 54.4 Å². The predicted octanol–water partition coefficient (Wildman–Crippen LogP) is 6.85. The van der Waals surface area contributed by atoms with Crippen molar-refractivity contribution >= 4 is 5.78 Å². The molecule has 0 saturated heterocycles. The van der Waals surface area contributed by atoms with E-state index >= 15 is 0 Å². The molecular weight excluding hydrogens is 460 g/mol. The number of benzene rings is 2. The number of carbonyl (C=O) groups excluding carboxylic acids is 1. The number of ketones is 1. The highest BCUT2D eigenvalue weighted by atomic mass is 19.4. The minimum Gasteiger partial charge on any atom is -0.494 e. The molecule has 1 atom stereocenters. The first-order valence-corrected chi connectivity index (χ1v) is 10.4. The molecule has 1 heterocycles. The molecule has 0 spiro atoms. The Morgan fingerprint density at radius 2 is 1.65 bits per heavy atom. The summed E-state index contributed by atoms with van der Waals surface area (Å²) in [6.07, 6.45) is -8.63. The van der Waals surface area contributed by atoms with Gasteiger partial charge in [0.2, 0.25) is 0 Å². The summed E-state index contributed by atoms with van der Waals surface area (Å²) in [6.45, 7) is 2.23. The first-order chi connectivity index (χ1) is 16.0. The van der Waals surface area contributed by atoms with E-state index in [-0.39, 0.29) is 18.4 Å². The Kier molecular flexibility index (Phi) is 7.64. The second kappa shape index (κ2) is 10.3. The molecule has 1 aromatic heterocycles. The number of alkyl halides is 6. The minimum absolute atomic E-state index is 0.0771. The quantitative estimate of drug-likeness (QED) is 0.330. The Morgan fingerprint density at radius 3 is 2.26 bits per heavy atom. The fourth-order valence-corrected chi connectivity index (χ4v) is 3.65. The van der Waals surface area contributed by atoms with Gasteiger partial charge in [0.1, 0.15) is 11.5 Å². The fraction of sp³-hybridized carbons (Fsp3) is 0.280. The van der Waals surface area contributed by atoms with E-state index in [9.17, 15) is 31.1 Å². The van der Waals surface area contributed by atoms with Crippen molar-refractivity contribution in [3.8, 4) is 5.75 Å². The third-order valence-electron chi connectivity index (χ3n) is 5.16. The SMILES string of the molecule is CCOc1cccc(CC(=O)C[C@@H](c2ccc(C(F)(F)F)cc2)c2ncccc2C(F)(F)F)c1. The van der Waals surface area contributed by atoms with Gasteiger partial charge in [0.05, 0.1) is 23.4 Å². The van der Waals surface area contributed by atoms with E-state index in [4.69, 9.17) is 4.74 Å². The lowest BCUT2D eigenvalue weighted by Crippen LogP contribution is -2.18. The van der Waals surface area contributed by atoms with E-state index in [0.29, 0.717) is 17.9 Å². The van der Waals surface area contributed by atoms with Crippen LogP contribution in [0.1, 0.15) is 47.2 Å². The number of carbonyl (C=O) groups is 1. The van der Waals surface area contributed by atoms with Crippen LogP contribution < -0.4 is 4.74 Å². The van der Waals surface area contributed by atoms with E-state index < -0.39 is 40.9 Å². The lowest BCUT2D eigenvalue weighted by atomic mass is 9.86. The number of Topliss-reactive ketones (excluding diaryl/α,β-unsaturated/α-hetero) is 1. The molecule has 0 aliphatic heterocycles. The second-order valence-corrected chi connectivity index (χ2v) is 7.61.